The van der Waals surface area contributed by atoms with Crippen LogP contribution in [-0.4, -0.2) is 42.7 Å². The van der Waals surface area contributed by atoms with Crippen molar-refractivity contribution in [2.24, 2.45) is 0 Å². The number of piperidine rings is 1. The maximum Gasteiger partial charge on any atom is 0.131 e. The molecule has 2 aliphatic heterocycles. The fourth-order valence-electron chi connectivity index (χ4n) is 5.16. The molecule has 0 unspecified atom stereocenters. The number of halogens is 2. The number of pyridine rings is 1. The molecule has 0 aliphatic carbocycles. The third-order valence-electron chi connectivity index (χ3n) is 7.16. The number of likely N-dealkylation sites (tertiary alicyclic amines) is 1. The van der Waals surface area contributed by atoms with Crippen LogP contribution in [-0.2, 0) is 6.42 Å². The maximum absolute atomic E-state index is 15.1. The highest BCUT2D eigenvalue weighted by molar-refractivity contribution is 5.81. The molecule has 3 heterocycles. The Bertz CT molecular complexity index is 1200. The molecule has 2 aliphatic rings. The summed E-state index contributed by atoms with van der Waals surface area (Å²) in [6.45, 7) is 6.92. The van der Waals surface area contributed by atoms with Crippen molar-refractivity contribution < 1.29 is 8.78 Å². The minimum absolute atomic E-state index is 0.279. The summed E-state index contributed by atoms with van der Waals surface area (Å²) in [5.41, 5.74) is 13.1. The number of aromatic nitrogens is 1. The Hall–Kier alpha value is -3.25. The van der Waals surface area contributed by atoms with Gasteiger partial charge in [-0.1, -0.05) is 30.8 Å². The van der Waals surface area contributed by atoms with E-state index in [-0.39, 0.29) is 12.5 Å². The van der Waals surface area contributed by atoms with E-state index in [0.717, 1.165) is 66.8 Å². The molecule has 4 nitrogen and oxygen atoms in total. The van der Waals surface area contributed by atoms with Gasteiger partial charge in [0.25, 0.3) is 0 Å². The van der Waals surface area contributed by atoms with Gasteiger partial charge < -0.3 is 16.0 Å². The predicted octanol–water partition coefficient (Wildman–Crippen LogP) is 5.40. The molecule has 0 atom stereocenters. The smallest absolute Gasteiger partial charge is 0.131 e. The van der Waals surface area contributed by atoms with Crippen LogP contribution in [0.15, 0.2) is 55.2 Å². The van der Waals surface area contributed by atoms with E-state index in [9.17, 15) is 4.39 Å². The zero-order valence-electron chi connectivity index (χ0n) is 19.3. The number of nitrogens with zero attached hydrogens (tertiary/aromatic N) is 2. The van der Waals surface area contributed by atoms with Crippen LogP contribution in [0.5, 0.6) is 0 Å². The van der Waals surface area contributed by atoms with E-state index in [1.54, 1.807) is 12.3 Å². The number of nitrogens with one attached hydrogen (secondary N) is 1. The van der Waals surface area contributed by atoms with Crippen LogP contribution >= 0.6 is 0 Å². The lowest BCUT2D eigenvalue weighted by Gasteiger charge is -2.31. The van der Waals surface area contributed by atoms with E-state index in [4.69, 9.17) is 5.73 Å². The van der Waals surface area contributed by atoms with Crippen molar-refractivity contribution in [3.05, 3.63) is 77.7 Å². The summed E-state index contributed by atoms with van der Waals surface area (Å²) < 4.78 is 27.7. The van der Waals surface area contributed by atoms with Crippen molar-refractivity contribution in [2.75, 3.05) is 38.6 Å². The van der Waals surface area contributed by atoms with Gasteiger partial charge in [-0.15, -0.1) is 0 Å². The van der Waals surface area contributed by atoms with Gasteiger partial charge in [-0.2, -0.15) is 0 Å². The van der Waals surface area contributed by atoms with Crippen LogP contribution in [0.2, 0.25) is 0 Å². The summed E-state index contributed by atoms with van der Waals surface area (Å²) in [7, 11) is 0. The maximum atomic E-state index is 15.1. The zero-order valence-corrected chi connectivity index (χ0v) is 19.3. The number of hydrogen-bond acceptors (Lipinski definition) is 4. The molecule has 0 amide bonds. The van der Waals surface area contributed by atoms with E-state index < -0.39 is 0 Å². The number of nitrogens with two attached hydrogens (primary N) is 1. The largest absolute Gasteiger partial charge is 0.385 e. The minimum Gasteiger partial charge on any atom is -0.385 e. The Kier molecular flexibility index (Phi) is 6.33. The topological polar surface area (TPSA) is 54.2 Å². The van der Waals surface area contributed by atoms with Crippen LogP contribution in [0, 0.1) is 5.82 Å². The van der Waals surface area contributed by atoms with E-state index in [1.807, 2.05) is 12.1 Å². The van der Waals surface area contributed by atoms with Crippen LogP contribution < -0.4 is 11.1 Å². The van der Waals surface area contributed by atoms with Gasteiger partial charge in [-0.3, -0.25) is 0 Å². The average molecular weight is 461 g/mol. The summed E-state index contributed by atoms with van der Waals surface area (Å²) in [5, 5.41) is 3.19. The quantitative estimate of drug-likeness (QED) is 0.535. The molecule has 176 valence electrons. The SMILES string of the molecule is C=C1NCCc2cc(-c3cc(-c4ccc(C5CCN(CCF)CC5)cc4)cnc3N)c(F)cc21. The summed E-state index contributed by atoms with van der Waals surface area (Å²) in [5.74, 6) is 0.481. The third-order valence-corrected chi connectivity index (χ3v) is 7.16. The molecule has 2 aromatic carbocycles. The number of hydrogen-bond donors (Lipinski definition) is 2. The molecule has 0 bridgehead atoms. The van der Waals surface area contributed by atoms with Crippen molar-refractivity contribution in [1.82, 2.24) is 15.2 Å². The summed E-state index contributed by atoms with van der Waals surface area (Å²) >= 11 is 0. The molecule has 0 spiro atoms. The van der Waals surface area contributed by atoms with Crippen molar-refractivity contribution in [3.63, 3.8) is 0 Å². The first kappa shape index (κ1) is 22.5. The lowest BCUT2D eigenvalue weighted by atomic mass is 9.88. The van der Waals surface area contributed by atoms with Gasteiger partial charge >= 0.3 is 0 Å². The highest BCUT2D eigenvalue weighted by Gasteiger charge is 2.21. The molecule has 0 radical (unpaired) electrons. The molecular weight excluding hydrogens is 430 g/mol. The van der Waals surface area contributed by atoms with Crippen molar-refractivity contribution >= 4 is 11.5 Å². The Morgan fingerprint density at radius 1 is 1.03 bits per heavy atom. The van der Waals surface area contributed by atoms with Crippen LogP contribution in [0.3, 0.4) is 0 Å². The molecule has 1 aromatic heterocycles. The lowest BCUT2D eigenvalue weighted by molar-refractivity contribution is 0.197. The van der Waals surface area contributed by atoms with Crippen LogP contribution in [0.1, 0.15) is 35.4 Å². The van der Waals surface area contributed by atoms with E-state index in [1.165, 1.54) is 5.56 Å². The number of nitrogen functional groups attached to an aromatic ring is 1. The Labute approximate surface area is 199 Å². The van der Waals surface area contributed by atoms with Gasteiger partial charge in [-0.25, -0.2) is 13.8 Å². The van der Waals surface area contributed by atoms with Gasteiger partial charge in [0.1, 0.15) is 18.3 Å². The molecule has 0 saturated carbocycles. The molecule has 3 N–H and O–H groups in total. The van der Waals surface area contributed by atoms with Crippen LogP contribution in [0.4, 0.5) is 14.6 Å². The Morgan fingerprint density at radius 3 is 2.53 bits per heavy atom. The molecule has 34 heavy (non-hydrogen) atoms. The first-order chi connectivity index (χ1) is 16.5. The second-order valence-corrected chi connectivity index (χ2v) is 9.23. The highest BCUT2D eigenvalue weighted by Crippen LogP contribution is 2.35. The number of anilines is 1. The second kappa shape index (κ2) is 9.55. The average Bonchev–Trinajstić information content (AvgIpc) is 2.86. The standard InChI is InChI=1S/C28H30F2N4/c1-18-24-16-27(30)25(14-22(24)6-10-32-18)26-15-23(17-33-28(26)31)20-4-2-19(3-5-20)21-7-11-34(12-8-21)13-9-29/h2-5,14-17,21,32H,1,6-13H2,(H2,31,33). The number of fused-ring (bicyclic) bond motifs is 1. The molecule has 6 heteroatoms. The first-order valence-corrected chi connectivity index (χ1v) is 11.9. The summed E-state index contributed by atoms with van der Waals surface area (Å²) in [4.78, 5) is 6.58. The summed E-state index contributed by atoms with van der Waals surface area (Å²) in [6.07, 6.45) is 4.65. The minimum atomic E-state index is -0.330. The fourth-order valence-corrected chi connectivity index (χ4v) is 5.16. The van der Waals surface area contributed by atoms with Gasteiger partial charge in [0.15, 0.2) is 0 Å². The molecule has 1 fully saturated rings. The third kappa shape index (κ3) is 4.42. The Balaban J connectivity index is 1.40. The van der Waals surface area contributed by atoms with Gasteiger partial charge in [-0.05, 0) is 73.2 Å². The normalized spacial score (nSPS) is 16.8. The molecule has 3 aromatic rings. The summed E-state index contributed by atoms with van der Waals surface area (Å²) in [6, 6.07) is 13.9. The van der Waals surface area contributed by atoms with Gasteiger partial charge in [0.05, 0.1) is 0 Å². The van der Waals surface area contributed by atoms with E-state index in [0.29, 0.717) is 29.4 Å². The van der Waals surface area contributed by atoms with Crippen LogP contribution in [0.25, 0.3) is 28.0 Å². The van der Waals surface area contributed by atoms with Gasteiger partial charge in [0.2, 0.25) is 0 Å². The predicted molar refractivity (Wildman–Crippen MR) is 135 cm³/mol. The molecular formula is C28H30F2N4. The fraction of sp³-hybridized carbons (Fsp3) is 0.321. The molecule has 5 rings (SSSR count). The second-order valence-electron chi connectivity index (χ2n) is 9.23. The first-order valence-electron chi connectivity index (χ1n) is 11.9. The monoisotopic (exact) mass is 460 g/mol. The highest BCUT2D eigenvalue weighted by atomic mass is 19.1. The zero-order chi connectivity index (χ0) is 23.7. The van der Waals surface area contributed by atoms with E-state index >= 15 is 4.39 Å². The van der Waals surface area contributed by atoms with Crippen molar-refractivity contribution in [3.8, 4) is 22.3 Å². The van der Waals surface area contributed by atoms with E-state index in [2.05, 4.69) is 46.0 Å². The van der Waals surface area contributed by atoms with Crippen molar-refractivity contribution in [2.45, 2.75) is 25.2 Å². The van der Waals surface area contributed by atoms with Gasteiger partial charge in [0, 0.05) is 47.2 Å². The number of rotatable bonds is 5. The lowest BCUT2D eigenvalue weighted by Crippen LogP contribution is -2.34. The Morgan fingerprint density at radius 2 is 1.79 bits per heavy atom. The number of alkyl halides is 1. The number of benzene rings is 2. The van der Waals surface area contributed by atoms with Crippen molar-refractivity contribution in [1.29, 1.82) is 0 Å². The molecule has 1 saturated heterocycles.